The number of carbonyl (C=O) groups is 1. The van der Waals surface area contributed by atoms with Gasteiger partial charge in [-0.1, -0.05) is 0 Å². The highest BCUT2D eigenvalue weighted by Gasteiger charge is 2.06. The van der Waals surface area contributed by atoms with Crippen LogP contribution in [0.5, 0.6) is 0 Å². The van der Waals surface area contributed by atoms with E-state index in [0.29, 0.717) is 5.69 Å². The van der Waals surface area contributed by atoms with Gasteiger partial charge in [0.05, 0.1) is 6.21 Å². The molecule has 0 aromatic carbocycles. The smallest absolute Gasteiger partial charge is 0.275 e. The molecular formula is C11H11N5O. The van der Waals surface area contributed by atoms with Gasteiger partial charge in [0.15, 0.2) is 5.69 Å². The van der Waals surface area contributed by atoms with E-state index in [1.807, 2.05) is 0 Å². The van der Waals surface area contributed by atoms with Crippen molar-refractivity contribution in [1.82, 2.24) is 20.2 Å². The Morgan fingerprint density at radius 2 is 2.18 bits per heavy atom. The lowest BCUT2D eigenvalue weighted by atomic mass is 10.3. The number of pyridine rings is 1. The van der Waals surface area contributed by atoms with Gasteiger partial charge in [-0.2, -0.15) is 10.2 Å². The number of rotatable bonds is 3. The summed E-state index contributed by atoms with van der Waals surface area (Å²) in [5.41, 5.74) is 3.59. The number of carbonyl (C=O) groups excluding carboxylic acids is 1. The first-order valence-electron chi connectivity index (χ1n) is 4.99. The van der Waals surface area contributed by atoms with Crippen molar-refractivity contribution in [3.05, 3.63) is 48.0 Å². The average Bonchev–Trinajstić information content (AvgIpc) is 2.77. The molecule has 0 bridgehead atoms. The molecule has 86 valence electrons. The summed E-state index contributed by atoms with van der Waals surface area (Å²) < 4.78 is 1.56. The van der Waals surface area contributed by atoms with Gasteiger partial charge in [0.25, 0.3) is 5.91 Å². The molecule has 6 heteroatoms. The zero-order chi connectivity index (χ0) is 12.1. The van der Waals surface area contributed by atoms with Crippen LogP contribution in [-0.2, 0) is 7.05 Å². The van der Waals surface area contributed by atoms with E-state index in [-0.39, 0.29) is 5.91 Å². The van der Waals surface area contributed by atoms with Gasteiger partial charge in [-0.25, -0.2) is 5.43 Å². The van der Waals surface area contributed by atoms with Crippen molar-refractivity contribution < 1.29 is 4.79 Å². The Kier molecular flexibility index (Phi) is 3.25. The fourth-order valence-corrected chi connectivity index (χ4v) is 1.21. The number of aromatic nitrogens is 3. The molecule has 0 radical (unpaired) electrons. The normalized spacial score (nSPS) is 10.6. The minimum atomic E-state index is -0.337. The molecule has 0 aliphatic carbocycles. The minimum Gasteiger partial charge on any atom is -0.275 e. The molecule has 2 aromatic heterocycles. The van der Waals surface area contributed by atoms with Crippen molar-refractivity contribution in [2.75, 3.05) is 0 Å². The Morgan fingerprint density at radius 1 is 1.41 bits per heavy atom. The molecule has 0 saturated carbocycles. The van der Waals surface area contributed by atoms with E-state index in [1.54, 1.807) is 54.7 Å². The van der Waals surface area contributed by atoms with Crippen molar-refractivity contribution in [2.24, 2.45) is 12.1 Å². The maximum absolute atomic E-state index is 11.5. The lowest BCUT2D eigenvalue weighted by Crippen LogP contribution is -2.18. The number of hydrogen-bond acceptors (Lipinski definition) is 4. The minimum absolute atomic E-state index is 0.333. The summed E-state index contributed by atoms with van der Waals surface area (Å²) in [6.07, 6.45) is 6.55. The van der Waals surface area contributed by atoms with E-state index in [0.717, 1.165) is 5.56 Å². The van der Waals surface area contributed by atoms with Crippen molar-refractivity contribution >= 4 is 12.1 Å². The van der Waals surface area contributed by atoms with Crippen molar-refractivity contribution in [2.45, 2.75) is 0 Å². The van der Waals surface area contributed by atoms with Crippen LogP contribution >= 0.6 is 0 Å². The fourth-order valence-electron chi connectivity index (χ4n) is 1.21. The van der Waals surface area contributed by atoms with Crippen LogP contribution in [0.15, 0.2) is 41.9 Å². The molecular weight excluding hydrogens is 218 g/mol. The largest absolute Gasteiger partial charge is 0.291 e. The van der Waals surface area contributed by atoms with Crippen LogP contribution in [0.3, 0.4) is 0 Å². The summed E-state index contributed by atoms with van der Waals surface area (Å²) in [6.45, 7) is 0. The Labute approximate surface area is 98.0 Å². The molecule has 2 rings (SSSR count). The van der Waals surface area contributed by atoms with Gasteiger partial charge in [-0.3, -0.25) is 14.5 Å². The molecule has 0 unspecified atom stereocenters. The highest BCUT2D eigenvalue weighted by molar-refractivity contribution is 5.92. The van der Waals surface area contributed by atoms with Crippen molar-refractivity contribution in [3.63, 3.8) is 0 Å². The summed E-state index contributed by atoms with van der Waals surface area (Å²) in [5, 5.41) is 7.78. The Bertz CT molecular complexity index is 532. The Morgan fingerprint density at radius 3 is 2.82 bits per heavy atom. The van der Waals surface area contributed by atoms with Gasteiger partial charge >= 0.3 is 0 Å². The number of nitrogens with zero attached hydrogens (tertiary/aromatic N) is 4. The lowest BCUT2D eigenvalue weighted by molar-refractivity contribution is 0.0949. The number of amides is 1. The third kappa shape index (κ3) is 2.97. The van der Waals surface area contributed by atoms with Gasteiger partial charge in [0.2, 0.25) is 0 Å². The van der Waals surface area contributed by atoms with Gasteiger partial charge in [-0.05, 0) is 23.8 Å². The molecule has 0 aliphatic rings. The molecule has 17 heavy (non-hydrogen) atoms. The molecule has 0 atom stereocenters. The van der Waals surface area contributed by atoms with E-state index in [9.17, 15) is 4.79 Å². The van der Waals surface area contributed by atoms with E-state index < -0.39 is 0 Å². The number of aryl methyl sites for hydroxylation is 1. The molecule has 1 amide bonds. The van der Waals surface area contributed by atoms with Crippen LogP contribution in [0.2, 0.25) is 0 Å². The highest BCUT2D eigenvalue weighted by Crippen LogP contribution is 1.94. The molecule has 1 N–H and O–H groups in total. The Balaban J connectivity index is 1.95. The highest BCUT2D eigenvalue weighted by atomic mass is 16.2. The second-order valence-corrected chi connectivity index (χ2v) is 3.35. The van der Waals surface area contributed by atoms with E-state index in [2.05, 4.69) is 20.6 Å². The summed E-state index contributed by atoms with van der Waals surface area (Å²) in [4.78, 5) is 15.4. The topological polar surface area (TPSA) is 72.2 Å². The second-order valence-electron chi connectivity index (χ2n) is 3.35. The second kappa shape index (κ2) is 5.02. The van der Waals surface area contributed by atoms with Crippen LogP contribution in [0.1, 0.15) is 16.1 Å². The SMILES string of the molecule is Cn1ccc(C(=O)N/N=C\c2ccncc2)n1. The summed E-state index contributed by atoms with van der Waals surface area (Å²) >= 11 is 0. The van der Waals surface area contributed by atoms with Crippen LogP contribution in [0.25, 0.3) is 0 Å². The molecule has 0 saturated heterocycles. The number of nitrogens with one attached hydrogen (secondary N) is 1. The molecule has 0 aliphatic heterocycles. The fraction of sp³-hybridized carbons (Fsp3) is 0.0909. The van der Waals surface area contributed by atoms with Gasteiger partial charge in [-0.15, -0.1) is 0 Å². The first-order valence-corrected chi connectivity index (χ1v) is 4.99. The van der Waals surface area contributed by atoms with Crippen LogP contribution < -0.4 is 5.43 Å². The third-order valence-corrected chi connectivity index (χ3v) is 2.03. The predicted octanol–water partition coefficient (Wildman–Crippen LogP) is 0.579. The van der Waals surface area contributed by atoms with Crippen LogP contribution in [0.4, 0.5) is 0 Å². The quantitative estimate of drug-likeness (QED) is 0.618. The zero-order valence-electron chi connectivity index (χ0n) is 9.24. The zero-order valence-corrected chi connectivity index (χ0v) is 9.24. The molecule has 0 spiro atoms. The summed E-state index contributed by atoms with van der Waals surface area (Å²) in [6, 6.07) is 5.20. The standard InChI is InChI=1S/C11H11N5O/c1-16-7-4-10(15-16)11(17)14-13-8-9-2-5-12-6-3-9/h2-8H,1H3,(H,14,17)/b13-8-. The maximum Gasteiger partial charge on any atom is 0.291 e. The first-order chi connectivity index (χ1) is 8.25. The maximum atomic E-state index is 11.5. The van der Waals surface area contributed by atoms with Gasteiger partial charge in [0, 0.05) is 25.6 Å². The van der Waals surface area contributed by atoms with Crippen LogP contribution in [-0.4, -0.2) is 26.9 Å². The monoisotopic (exact) mass is 229 g/mol. The molecule has 2 heterocycles. The number of hydrogen-bond donors (Lipinski definition) is 1. The molecule has 6 nitrogen and oxygen atoms in total. The Hall–Kier alpha value is -2.50. The lowest BCUT2D eigenvalue weighted by Gasteiger charge is -1.95. The van der Waals surface area contributed by atoms with Crippen molar-refractivity contribution in [1.29, 1.82) is 0 Å². The van der Waals surface area contributed by atoms with E-state index >= 15 is 0 Å². The average molecular weight is 229 g/mol. The van der Waals surface area contributed by atoms with Gasteiger partial charge < -0.3 is 0 Å². The van der Waals surface area contributed by atoms with Crippen molar-refractivity contribution in [3.8, 4) is 0 Å². The summed E-state index contributed by atoms with van der Waals surface area (Å²) in [7, 11) is 1.75. The first kappa shape index (κ1) is 11.0. The molecule has 0 fully saturated rings. The van der Waals surface area contributed by atoms with E-state index in [1.165, 1.54) is 0 Å². The summed E-state index contributed by atoms with van der Waals surface area (Å²) in [5.74, 6) is -0.337. The van der Waals surface area contributed by atoms with Gasteiger partial charge in [0.1, 0.15) is 0 Å². The third-order valence-electron chi connectivity index (χ3n) is 2.03. The molecule has 2 aromatic rings. The van der Waals surface area contributed by atoms with Crippen LogP contribution in [0, 0.1) is 0 Å². The number of hydrazone groups is 1. The predicted molar refractivity (Wildman–Crippen MR) is 62.5 cm³/mol. The van der Waals surface area contributed by atoms with E-state index in [4.69, 9.17) is 0 Å².